The molecule has 0 spiro atoms. The summed E-state index contributed by atoms with van der Waals surface area (Å²) in [5.74, 6) is 1.60. The largest absolute Gasteiger partial charge is 0.462 e. The SMILES string of the molecule is C#Cc1c(F)ccc2c1C(/C(N)=C(\F)c1nc(OC[C@@H]3CCCN3C)nc(N3CCC=CCC3)c1CC)=CC(O)C2. The minimum absolute atomic E-state index is 0.0164. The maximum absolute atomic E-state index is 16.6. The molecule has 0 bridgehead atoms. The minimum Gasteiger partial charge on any atom is -0.462 e. The summed E-state index contributed by atoms with van der Waals surface area (Å²) in [5.41, 5.74) is 7.91. The Hall–Kier alpha value is -3.74. The van der Waals surface area contributed by atoms with Crippen molar-refractivity contribution in [2.45, 2.75) is 57.6 Å². The molecule has 1 aromatic carbocycles. The molecule has 1 unspecified atom stereocenters. The lowest BCUT2D eigenvalue weighted by atomic mass is 9.84. The Morgan fingerprint density at radius 3 is 2.63 bits per heavy atom. The van der Waals surface area contributed by atoms with Crippen LogP contribution in [0.2, 0.25) is 0 Å². The Morgan fingerprint density at radius 1 is 1.22 bits per heavy atom. The Bertz CT molecular complexity index is 1430. The zero-order valence-corrected chi connectivity index (χ0v) is 23.7. The highest BCUT2D eigenvalue weighted by Gasteiger charge is 2.29. The third-order valence-corrected chi connectivity index (χ3v) is 8.17. The number of benzene rings is 1. The van der Waals surface area contributed by atoms with Gasteiger partial charge in [0.05, 0.1) is 17.4 Å². The second-order valence-corrected chi connectivity index (χ2v) is 10.8. The van der Waals surface area contributed by atoms with Gasteiger partial charge >= 0.3 is 6.01 Å². The van der Waals surface area contributed by atoms with E-state index in [1.807, 2.05) is 6.92 Å². The number of rotatable bonds is 7. The van der Waals surface area contributed by atoms with E-state index in [1.165, 1.54) is 12.1 Å². The summed E-state index contributed by atoms with van der Waals surface area (Å²) in [4.78, 5) is 13.7. The monoisotopic (exact) mass is 561 g/mol. The van der Waals surface area contributed by atoms with Gasteiger partial charge < -0.3 is 25.4 Å². The molecule has 1 aliphatic carbocycles. The molecule has 9 heteroatoms. The minimum atomic E-state index is -0.932. The van der Waals surface area contributed by atoms with Crippen LogP contribution in [0.3, 0.4) is 0 Å². The number of ether oxygens (including phenoxy) is 1. The van der Waals surface area contributed by atoms with Crippen LogP contribution in [0.4, 0.5) is 14.6 Å². The van der Waals surface area contributed by atoms with Crippen LogP contribution < -0.4 is 15.4 Å². The normalized spacial score (nSPS) is 21.6. The third kappa shape index (κ3) is 5.85. The first-order valence-corrected chi connectivity index (χ1v) is 14.3. The van der Waals surface area contributed by atoms with Crippen LogP contribution in [-0.4, -0.2) is 65.4 Å². The Kier molecular flexibility index (Phi) is 8.71. The van der Waals surface area contributed by atoms with Gasteiger partial charge in [-0.25, -0.2) is 8.78 Å². The fraction of sp³-hybridized carbons (Fsp3) is 0.438. The molecule has 216 valence electrons. The number of allylic oxidation sites excluding steroid dienone is 1. The fourth-order valence-corrected chi connectivity index (χ4v) is 5.94. The number of aromatic nitrogens is 2. The molecule has 3 heterocycles. The number of nitrogens with two attached hydrogens (primary N) is 1. The van der Waals surface area contributed by atoms with E-state index in [1.54, 1.807) is 6.07 Å². The van der Waals surface area contributed by atoms with Crippen LogP contribution >= 0.6 is 0 Å². The highest BCUT2D eigenvalue weighted by Crippen LogP contribution is 2.38. The van der Waals surface area contributed by atoms with Crippen LogP contribution in [0, 0.1) is 18.2 Å². The number of anilines is 1. The highest BCUT2D eigenvalue weighted by atomic mass is 19.1. The zero-order valence-electron chi connectivity index (χ0n) is 23.7. The highest BCUT2D eigenvalue weighted by molar-refractivity contribution is 5.91. The van der Waals surface area contributed by atoms with E-state index >= 15 is 4.39 Å². The average Bonchev–Trinajstić information content (AvgIpc) is 3.20. The maximum atomic E-state index is 16.6. The first-order chi connectivity index (χ1) is 19.8. The molecule has 0 saturated carbocycles. The Labute approximate surface area is 240 Å². The van der Waals surface area contributed by atoms with E-state index < -0.39 is 17.7 Å². The molecule has 0 amide bonds. The summed E-state index contributed by atoms with van der Waals surface area (Å²) < 4.78 is 37.4. The van der Waals surface area contributed by atoms with Gasteiger partial charge in [0.2, 0.25) is 0 Å². The van der Waals surface area contributed by atoms with Gasteiger partial charge in [-0.2, -0.15) is 9.97 Å². The molecule has 3 aliphatic rings. The molecule has 2 atom stereocenters. The van der Waals surface area contributed by atoms with Crippen LogP contribution in [0.5, 0.6) is 6.01 Å². The molecule has 1 aromatic heterocycles. The molecular weight excluding hydrogens is 524 g/mol. The number of hydrogen-bond donors (Lipinski definition) is 2. The predicted molar refractivity (Wildman–Crippen MR) is 157 cm³/mol. The lowest BCUT2D eigenvalue weighted by molar-refractivity contribution is 0.187. The molecule has 41 heavy (non-hydrogen) atoms. The number of aliphatic hydroxyl groups is 1. The van der Waals surface area contributed by atoms with Crippen LogP contribution in [0.1, 0.15) is 60.6 Å². The van der Waals surface area contributed by atoms with Gasteiger partial charge in [0.15, 0.2) is 5.83 Å². The molecule has 2 aromatic rings. The zero-order chi connectivity index (χ0) is 29.1. The van der Waals surface area contributed by atoms with Crippen molar-refractivity contribution < 1.29 is 18.6 Å². The van der Waals surface area contributed by atoms with Crippen molar-refractivity contribution in [2.24, 2.45) is 5.73 Å². The smallest absolute Gasteiger partial charge is 0.319 e. The van der Waals surface area contributed by atoms with Gasteiger partial charge in [0, 0.05) is 42.3 Å². The van der Waals surface area contributed by atoms with Gasteiger partial charge in [-0.15, -0.1) is 6.42 Å². The van der Waals surface area contributed by atoms with Gasteiger partial charge in [0.25, 0.3) is 0 Å². The number of terminal acetylenes is 1. The van der Waals surface area contributed by atoms with Crippen molar-refractivity contribution in [1.29, 1.82) is 0 Å². The van der Waals surface area contributed by atoms with Gasteiger partial charge in [-0.3, -0.25) is 0 Å². The van der Waals surface area contributed by atoms with Crippen molar-refractivity contribution in [3.63, 3.8) is 0 Å². The quantitative estimate of drug-likeness (QED) is 0.383. The van der Waals surface area contributed by atoms with Crippen molar-refractivity contribution in [3.8, 4) is 18.4 Å². The number of aliphatic hydroxyl groups excluding tert-OH is 1. The van der Waals surface area contributed by atoms with Gasteiger partial charge in [-0.1, -0.05) is 31.1 Å². The summed E-state index contributed by atoms with van der Waals surface area (Å²) in [7, 11) is 2.06. The van der Waals surface area contributed by atoms with E-state index in [2.05, 4.69) is 39.9 Å². The van der Waals surface area contributed by atoms with Crippen molar-refractivity contribution in [3.05, 3.63) is 69.8 Å². The molecule has 7 nitrogen and oxygen atoms in total. The second-order valence-electron chi connectivity index (χ2n) is 10.8. The van der Waals surface area contributed by atoms with E-state index in [0.29, 0.717) is 35.5 Å². The summed E-state index contributed by atoms with van der Waals surface area (Å²) >= 11 is 0. The molecule has 0 radical (unpaired) electrons. The van der Waals surface area contributed by atoms with Crippen LogP contribution in [0.15, 0.2) is 36.1 Å². The fourth-order valence-electron chi connectivity index (χ4n) is 5.94. The van der Waals surface area contributed by atoms with Gasteiger partial charge in [-0.05, 0) is 63.4 Å². The second kappa shape index (κ2) is 12.4. The molecule has 1 saturated heterocycles. The van der Waals surface area contributed by atoms with E-state index in [0.717, 1.165) is 45.3 Å². The molecular formula is C32H37F2N5O2. The van der Waals surface area contributed by atoms with Crippen LogP contribution in [0.25, 0.3) is 11.4 Å². The first kappa shape index (κ1) is 28.8. The van der Waals surface area contributed by atoms with E-state index in [-0.39, 0.29) is 41.0 Å². The number of nitrogens with zero attached hydrogens (tertiary/aromatic N) is 4. The van der Waals surface area contributed by atoms with E-state index in [4.69, 9.17) is 21.9 Å². The van der Waals surface area contributed by atoms with Crippen molar-refractivity contribution >= 4 is 17.2 Å². The number of hydrogen-bond acceptors (Lipinski definition) is 7. The summed E-state index contributed by atoms with van der Waals surface area (Å²) in [6, 6.07) is 3.12. The molecule has 5 rings (SSSR count). The van der Waals surface area contributed by atoms with E-state index in [9.17, 15) is 9.50 Å². The first-order valence-electron chi connectivity index (χ1n) is 14.3. The number of halogens is 2. The lowest BCUT2D eigenvalue weighted by Gasteiger charge is -2.27. The Balaban J connectivity index is 1.63. The lowest BCUT2D eigenvalue weighted by Crippen LogP contribution is -2.31. The average molecular weight is 562 g/mol. The summed E-state index contributed by atoms with van der Waals surface area (Å²) in [6.45, 7) is 4.75. The molecule has 2 aliphatic heterocycles. The van der Waals surface area contributed by atoms with Crippen molar-refractivity contribution in [2.75, 3.05) is 38.2 Å². The van der Waals surface area contributed by atoms with Gasteiger partial charge in [0.1, 0.15) is 23.9 Å². The standard InChI is InChI=1S/C32H37F2N5O2/c1-4-23-26(33)13-12-20-17-22(40)18-25(27(20)23)29(35)28(34)30-24(5-2)31(39-15-8-6-7-9-16-39)37-32(36-30)41-19-21-11-10-14-38(21)3/h1,6-7,12-13,18,21-22,40H,5,8-11,14-17,19,35H2,2-3H3/b29-28+/t21-,22?/m0/s1. The molecule has 1 fully saturated rings. The topological polar surface area (TPSA) is 87.7 Å². The van der Waals surface area contributed by atoms with Crippen LogP contribution in [-0.2, 0) is 12.8 Å². The van der Waals surface area contributed by atoms with Crippen molar-refractivity contribution in [1.82, 2.24) is 14.9 Å². The number of likely N-dealkylation sites (tertiary alicyclic amines) is 1. The summed E-state index contributed by atoms with van der Waals surface area (Å²) in [6.07, 6.45) is 14.9. The Morgan fingerprint density at radius 2 is 1.98 bits per heavy atom. The number of fused-ring (bicyclic) bond motifs is 1. The summed E-state index contributed by atoms with van der Waals surface area (Å²) in [5, 5.41) is 10.6. The maximum Gasteiger partial charge on any atom is 0.319 e. The number of likely N-dealkylation sites (N-methyl/N-ethyl adjacent to an activating group) is 1. The molecule has 3 N–H and O–H groups in total. The predicted octanol–water partition coefficient (Wildman–Crippen LogP) is 4.39. The third-order valence-electron chi connectivity index (χ3n) is 8.17.